The molecule has 2 heteroatoms. The van der Waals surface area contributed by atoms with Crippen molar-refractivity contribution in [2.24, 2.45) is 0 Å². The zero-order chi connectivity index (χ0) is 10.4. The molecule has 0 N–H and O–H groups in total. The first-order valence-corrected chi connectivity index (χ1v) is 5.88. The minimum atomic E-state index is 0.338. The van der Waals surface area contributed by atoms with Crippen LogP contribution in [0.25, 0.3) is 0 Å². The molecule has 1 aromatic rings. The molecule has 0 spiro atoms. The normalized spacial score (nSPS) is 28.2. The molecule has 0 aromatic carbocycles. The Kier molecular flexibility index (Phi) is 2.06. The van der Waals surface area contributed by atoms with Crippen molar-refractivity contribution in [1.82, 2.24) is 4.98 Å². The predicted octanol–water partition coefficient (Wildman–Crippen LogP) is 2.98. The molecule has 0 radical (unpaired) electrons. The smallest absolute Gasteiger partial charge is 0.0847 e. The third kappa shape index (κ3) is 1.48. The van der Waals surface area contributed by atoms with E-state index in [1.165, 1.54) is 29.7 Å². The van der Waals surface area contributed by atoms with E-state index in [1.54, 1.807) is 0 Å². The molecule has 2 bridgehead atoms. The Labute approximate surface area is 90.7 Å². The van der Waals surface area contributed by atoms with Crippen molar-refractivity contribution in [2.75, 3.05) is 0 Å². The van der Waals surface area contributed by atoms with Crippen molar-refractivity contribution in [2.45, 2.75) is 51.2 Å². The molecule has 0 amide bonds. The maximum absolute atomic E-state index is 5.92. The van der Waals surface area contributed by atoms with Crippen molar-refractivity contribution in [3.63, 3.8) is 0 Å². The van der Waals surface area contributed by atoms with E-state index >= 15 is 0 Å². The van der Waals surface area contributed by atoms with Crippen molar-refractivity contribution in [3.8, 4) is 0 Å². The van der Waals surface area contributed by atoms with Gasteiger partial charge in [-0.05, 0) is 30.4 Å². The largest absolute Gasteiger partial charge is 0.370 e. The predicted molar refractivity (Wildman–Crippen MR) is 58.9 cm³/mol. The monoisotopic (exact) mass is 203 g/mol. The van der Waals surface area contributed by atoms with Crippen molar-refractivity contribution in [3.05, 3.63) is 29.1 Å². The van der Waals surface area contributed by atoms with Crippen LogP contribution < -0.4 is 0 Å². The van der Waals surface area contributed by atoms with Gasteiger partial charge in [0.1, 0.15) is 0 Å². The van der Waals surface area contributed by atoms with Crippen LogP contribution in [0.15, 0.2) is 12.3 Å². The lowest BCUT2D eigenvalue weighted by Gasteiger charge is -2.23. The second kappa shape index (κ2) is 3.31. The van der Waals surface area contributed by atoms with Crippen LogP contribution in [0.1, 0.15) is 55.5 Å². The third-order valence-electron chi connectivity index (χ3n) is 3.57. The SMILES string of the molecule is CC(C)c1cnc2c(c1)C1CCC(C2)O1. The number of hydrogen-bond acceptors (Lipinski definition) is 2. The first-order chi connectivity index (χ1) is 7.24. The second-order valence-electron chi connectivity index (χ2n) is 4.99. The fourth-order valence-corrected chi connectivity index (χ4v) is 2.59. The summed E-state index contributed by atoms with van der Waals surface area (Å²) in [7, 11) is 0. The molecule has 1 fully saturated rings. The Hall–Kier alpha value is -0.890. The molecule has 3 heterocycles. The van der Waals surface area contributed by atoms with Crippen molar-refractivity contribution >= 4 is 0 Å². The summed E-state index contributed by atoms with van der Waals surface area (Å²) >= 11 is 0. The molecule has 2 nitrogen and oxygen atoms in total. The van der Waals surface area contributed by atoms with Crippen molar-refractivity contribution in [1.29, 1.82) is 0 Å². The van der Waals surface area contributed by atoms with E-state index in [1.807, 2.05) is 6.20 Å². The molecule has 1 aromatic heterocycles. The maximum atomic E-state index is 5.92. The van der Waals surface area contributed by atoms with E-state index in [2.05, 4.69) is 24.9 Å². The Balaban J connectivity index is 2.04. The van der Waals surface area contributed by atoms with Crippen LogP contribution in [0.3, 0.4) is 0 Å². The summed E-state index contributed by atoms with van der Waals surface area (Å²) in [6.45, 7) is 4.43. The molecule has 3 rings (SSSR count). The van der Waals surface area contributed by atoms with Gasteiger partial charge in [0.2, 0.25) is 0 Å². The Morgan fingerprint density at radius 2 is 2.27 bits per heavy atom. The van der Waals surface area contributed by atoms with E-state index in [0.717, 1.165) is 6.42 Å². The lowest BCUT2D eigenvalue weighted by atomic mass is 9.97. The molecule has 0 aliphatic carbocycles. The van der Waals surface area contributed by atoms with Gasteiger partial charge >= 0.3 is 0 Å². The maximum Gasteiger partial charge on any atom is 0.0847 e. The Morgan fingerprint density at radius 3 is 3.07 bits per heavy atom. The fourth-order valence-electron chi connectivity index (χ4n) is 2.59. The minimum Gasteiger partial charge on any atom is -0.370 e. The van der Waals surface area contributed by atoms with E-state index in [4.69, 9.17) is 4.74 Å². The number of rotatable bonds is 1. The number of aromatic nitrogens is 1. The van der Waals surface area contributed by atoms with Gasteiger partial charge in [0, 0.05) is 23.9 Å². The van der Waals surface area contributed by atoms with E-state index in [0.29, 0.717) is 18.1 Å². The second-order valence-corrected chi connectivity index (χ2v) is 4.99. The third-order valence-corrected chi connectivity index (χ3v) is 3.57. The summed E-state index contributed by atoms with van der Waals surface area (Å²) in [4.78, 5) is 4.60. The number of hydrogen-bond donors (Lipinski definition) is 0. The molecule has 80 valence electrons. The molecule has 2 aliphatic rings. The van der Waals surface area contributed by atoms with Crippen LogP contribution in [0.4, 0.5) is 0 Å². The van der Waals surface area contributed by atoms with Crippen LogP contribution in [0.2, 0.25) is 0 Å². The highest BCUT2D eigenvalue weighted by atomic mass is 16.5. The lowest BCUT2D eigenvalue weighted by Crippen LogP contribution is -2.19. The van der Waals surface area contributed by atoms with E-state index in [9.17, 15) is 0 Å². The molecular weight excluding hydrogens is 186 g/mol. The minimum absolute atomic E-state index is 0.338. The summed E-state index contributed by atoms with van der Waals surface area (Å²) in [6.07, 6.45) is 6.22. The van der Waals surface area contributed by atoms with Gasteiger partial charge in [0.15, 0.2) is 0 Å². The van der Waals surface area contributed by atoms with Gasteiger partial charge in [-0.25, -0.2) is 0 Å². The molecule has 0 saturated carbocycles. The topological polar surface area (TPSA) is 22.1 Å². The summed E-state index contributed by atoms with van der Waals surface area (Å²) in [5.41, 5.74) is 3.97. The summed E-state index contributed by atoms with van der Waals surface area (Å²) in [5, 5.41) is 0. The average Bonchev–Trinajstić information content (AvgIpc) is 2.61. The Bertz CT molecular complexity index is 386. The van der Waals surface area contributed by atoms with Gasteiger partial charge in [-0.3, -0.25) is 4.98 Å². The average molecular weight is 203 g/mol. The number of fused-ring (bicyclic) bond motifs is 4. The number of pyridine rings is 1. The van der Waals surface area contributed by atoms with Crippen LogP contribution in [-0.4, -0.2) is 11.1 Å². The molecule has 15 heavy (non-hydrogen) atoms. The number of ether oxygens (including phenoxy) is 1. The molecule has 2 unspecified atom stereocenters. The van der Waals surface area contributed by atoms with Crippen LogP contribution in [0.5, 0.6) is 0 Å². The zero-order valence-electron chi connectivity index (χ0n) is 9.36. The van der Waals surface area contributed by atoms with Gasteiger partial charge in [0.05, 0.1) is 12.2 Å². The van der Waals surface area contributed by atoms with E-state index in [-0.39, 0.29) is 0 Å². The highest BCUT2D eigenvalue weighted by molar-refractivity contribution is 5.32. The molecule has 1 saturated heterocycles. The van der Waals surface area contributed by atoms with Gasteiger partial charge in [-0.2, -0.15) is 0 Å². The quantitative estimate of drug-likeness (QED) is 0.700. The Morgan fingerprint density at radius 1 is 1.40 bits per heavy atom. The zero-order valence-corrected chi connectivity index (χ0v) is 9.36. The van der Waals surface area contributed by atoms with Crippen LogP contribution >= 0.6 is 0 Å². The van der Waals surface area contributed by atoms with E-state index < -0.39 is 0 Å². The first-order valence-electron chi connectivity index (χ1n) is 5.88. The number of nitrogens with zero attached hydrogens (tertiary/aromatic N) is 1. The summed E-state index contributed by atoms with van der Waals surface area (Å²) < 4.78 is 5.92. The molecular formula is C13H17NO. The summed E-state index contributed by atoms with van der Waals surface area (Å²) in [5.74, 6) is 0.557. The molecule has 2 aliphatic heterocycles. The van der Waals surface area contributed by atoms with Gasteiger partial charge < -0.3 is 4.74 Å². The first kappa shape index (κ1) is 9.34. The van der Waals surface area contributed by atoms with Gasteiger partial charge in [0.25, 0.3) is 0 Å². The van der Waals surface area contributed by atoms with Gasteiger partial charge in [-0.1, -0.05) is 13.8 Å². The molecule has 2 atom stereocenters. The fraction of sp³-hybridized carbons (Fsp3) is 0.615. The van der Waals surface area contributed by atoms with Gasteiger partial charge in [-0.15, -0.1) is 0 Å². The summed E-state index contributed by atoms with van der Waals surface area (Å²) in [6, 6.07) is 2.30. The van der Waals surface area contributed by atoms with Crippen LogP contribution in [-0.2, 0) is 11.2 Å². The highest BCUT2D eigenvalue weighted by Gasteiger charge is 2.34. The van der Waals surface area contributed by atoms with Crippen LogP contribution in [0, 0.1) is 0 Å². The lowest BCUT2D eigenvalue weighted by molar-refractivity contribution is 0.0310. The standard InChI is InChI=1S/C13H17NO/c1-8(2)9-5-11-12(14-7-9)6-10-3-4-13(11)15-10/h5,7-8,10,13H,3-4,6H2,1-2H3. The van der Waals surface area contributed by atoms with Crippen molar-refractivity contribution < 1.29 is 4.74 Å². The highest BCUT2D eigenvalue weighted by Crippen LogP contribution is 2.40.